The fraction of sp³-hybridized carbons (Fsp3) is 0.0714. The molecule has 0 heterocycles. The Balaban J connectivity index is 2.14. The molecule has 0 aliphatic heterocycles. The van der Waals surface area contributed by atoms with E-state index in [1.165, 1.54) is 18.2 Å². The molecule has 0 unspecified atom stereocenters. The Labute approximate surface area is 138 Å². The SMILES string of the molecule is Cc1ccc(C(=O)NNS(=O)(=O)c2cccc(Cl)c2Cl)cc1. The molecule has 0 aliphatic carbocycles. The predicted octanol–water partition coefficient (Wildman–Crippen LogP) is 2.93. The molecular formula is C14H12Cl2N2O3S. The number of rotatable bonds is 4. The summed E-state index contributed by atoms with van der Waals surface area (Å²) in [5, 5.41) is -0.00402. The number of amides is 1. The van der Waals surface area contributed by atoms with Crippen molar-refractivity contribution in [2.24, 2.45) is 0 Å². The van der Waals surface area contributed by atoms with Crippen molar-refractivity contribution in [3.8, 4) is 0 Å². The number of hydrazine groups is 1. The van der Waals surface area contributed by atoms with Gasteiger partial charge in [0.2, 0.25) is 0 Å². The van der Waals surface area contributed by atoms with Gasteiger partial charge in [0.25, 0.3) is 15.9 Å². The van der Waals surface area contributed by atoms with Gasteiger partial charge < -0.3 is 0 Å². The van der Waals surface area contributed by atoms with Gasteiger partial charge in [0.1, 0.15) is 4.90 Å². The molecule has 2 aromatic rings. The summed E-state index contributed by atoms with van der Waals surface area (Å²) in [5.74, 6) is -0.582. The lowest BCUT2D eigenvalue weighted by molar-refractivity contribution is 0.0945. The number of carbonyl (C=O) groups is 1. The summed E-state index contributed by atoms with van der Waals surface area (Å²) in [5.41, 5.74) is 3.44. The highest BCUT2D eigenvalue weighted by Gasteiger charge is 2.20. The fourth-order valence-corrected chi connectivity index (χ4v) is 3.24. The summed E-state index contributed by atoms with van der Waals surface area (Å²) >= 11 is 11.6. The molecule has 116 valence electrons. The first-order valence-electron chi connectivity index (χ1n) is 6.14. The Morgan fingerprint density at radius 3 is 2.32 bits per heavy atom. The quantitative estimate of drug-likeness (QED) is 0.825. The van der Waals surface area contributed by atoms with Crippen LogP contribution in [0.5, 0.6) is 0 Å². The standard InChI is InChI=1S/C14H12Cl2N2O3S/c1-9-5-7-10(8-6-9)14(19)17-18-22(20,21)12-4-2-3-11(15)13(12)16/h2-8,18H,1H3,(H,17,19). The van der Waals surface area contributed by atoms with E-state index in [0.717, 1.165) is 5.56 Å². The molecule has 2 aromatic carbocycles. The number of benzene rings is 2. The highest BCUT2D eigenvalue weighted by Crippen LogP contribution is 2.28. The second-order valence-corrected chi connectivity index (χ2v) is 6.91. The average Bonchev–Trinajstić information content (AvgIpc) is 2.48. The molecule has 0 bridgehead atoms. The van der Waals surface area contributed by atoms with Crippen LogP contribution in [0.1, 0.15) is 15.9 Å². The van der Waals surface area contributed by atoms with Crippen LogP contribution in [0.2, 0.25) is 10.0 Å². The lowest BCUT2D eigenvalue weighted by Crippen LogP contribution is -2.41. The van der Waals surface area contributed by atoms with Crippen LogP contribution in [-0.4, -0.2) is 14.3 Å². The van der Waals surface area contributed by atoms with E-state index >= 15 is 0 Å². The predicted molar refractivity (Wildman–Crippen MR) is 85.4 cm³/mol. The van der Waals surface area contributed by atoms with E-state index in [2.05, 4.69) is 5.43 Å². The van der Waals surface area contributed by atoms with Crippen LogP contribution >= 0.6 is 23.2 Å². The molecule has 0 radical (unpaired) electrons. The van der Waals surface area contributed by atoms with Crippen LogP contribution < -0.4 is 10.3 Å². The molecule has 2 N–H and O–H groups in total. The molecule has 2 rings (SSSR count). The van der Waals surface area contributed by atoms with Crippen LogP contribution in [0, 0.1) is 6.92 Å². The second kappa shape index (κ2) is 6.66. The monoisotopic (exact) mass is 358 g/mol. The van der Waals surface area contributed by atoms with Gasteiger partial charge >= 0.3 is 0 Å². The molecule has 0 aliphatic rings. The van der Waals surface area contributed by atoms with Crippen molar-refractivity contribution in [1.29, 1.82) is 0 Å². The normalized spacial score (nSPS) is 11.2. The summed E-state index contributed by atoms with van der Waals surface area (Å²) in [6, 6.07) is 10.9. The van der Waals surface area contributed by atoms with Crippen LogP contribution in [0.25, 0.3) is 0 Å². The van der Waals surface area contributed by atoms with E-state index in [9.17, 15) is 13.2 Å². The van der Waals surface area contributed by atoms with Crippen molar-refractivity contribution in [2.45, 2.75) is 11.8 Å². The molecule has 0 atom stereocenters. The summed E-state index contributed by atoms with van der Waals surface area (Å²) in [6.45, 7) is 1.88. The molecule has 22 heavy (non-hydrogen) atoms. The van der Waals surface area contributed by atoms with Crippen molar-refractivity contribution >= 4 is 39.1 Å². The summed E-state index contributed by atoms with van der Waals surface area (Å²) in [4.78, 5) is 13.7. The van der Waals surface area contributed by atoms with E-state index in [1.54, 1.807) is 24.3 Å². The minimum absolute atomic E-state index is 0.106. The molecule has 0 fully saturated rings. The third kappa shape index (κ3) is 3.78. The van der Waals surface area contributed by atoms with Gasteiger partial charge in [0.05, 0.1) is 10.0 Å². The Morgan fingerprint density at radius 1 is 1.05 bits per heavy atom. The number of aryl methyl sites for hydroxylation is 1. The zero-order valence-electron chi connectivity index (χ0n) is 11.4. The third-order valence-electron chi connectivity index (χ3n) is 2.82. The number of hydrogen-bond donors (Lipinski definition) is 2. The Kier molecular flexibility index (Phi) is 5.08. The molecule has 1 amide bonds. The Bertz CT molecular complexity index is 805. The maximum atomic E-state index is 12.1. The van der Waals surface area contributed by atoms with Crippen LogP contribution in [0.4, 0.5) is 0 Å². The average molecular weight is 359 g/mol. The second-order valence-electron chi connectivity index (χ2n) is 4.48. The first-order valence-corrected chi connectivity index (χ1v) is 8.38. The van der Waals surface area contributed by atoms with Crippen LogP contribution in [0.3, 0.4) is 0 Å². The lowest BCUT2D eigenvalue weighted by atomic mass is 10.1. The largest absolute Gasteiger partial charge is 0.273 e. The van der Waals surface area contributed by atoms with Crippen molar-refractivity contribution in [3.63, 3.8) is 0 Å². The fourth-order valence-electron chi connectivity index (χ4n) is 1.64. The van der Waals surface area contributed by atoms with E-state index in [-0.39, 0.29) is 14.9 Å². The molecule has 8 heteroatoms. The van der Waals surface area contributed by atoms with Crippen molar-refractivity contribution in [3.05, 3.63) is 63.6 Å². The van der Waals surface area contributed by atoms with Gasteiger partial charge in [-0.1, -0.05) is 47.0 Å². The molecular weight excluding hydrogens is 347 g/mol. The molecule has 0 saturated heterocycles. The van der Waals surface area contributed by atoms with Gasteiger partial charge in [-0.05, 0) is 31.2 Å². The van der Waals surface area contributed by atoms with Gasteiger partial charge in [0, 0.05) is 5.56 Å². The minimum atomic E-state index is -4.02. The molecule has 0 saturated carbocycles. The topological polar surface area (TPSA) is 75.3 Å². The minimum Gasteiger partial charge on any atom is -0.273 e. The first-order chi connectivity index (χ1) is 10.3. The number of nitrogens with one attached hydrogen (secondary N) is 2. The van der Waals surface area contributed by atoms with Crippen molar-refractivity contribution in [1.82, 2.24) is 10.3 Å². The molecule has 0 aromatic heterocycles. The number of sulfonamides is 1. The van der Waals surface area contributed by atoms with Gasteiger partial charge in [-0.15, -0.1) is 4.83 Å². The van der Waals surface area contributed by atoms with Gasteiger partial charge in [0.15, 0.2) is 0 Å². The van der Waals surface area contributed by atoms with Gasteiger partial charge in [-0.3, -0.25) is 10.2 Å². The van der Waals surface area contributed by atoms with Crippen molar-refractivity contribution < 1.29 is 13.2 Å². The van der Waals surface area contributed by atoms with Crippen LogP contribution in [-0.2, 0) is 10.0 Å². The van der Waals surface area contributed by atoms with Crippen LogP contribution in [0.15, 0.2) is 47.4 Å². The van der Waals surface area contributed by atoms with E-state index in [1.807, 2.05) is 11.8 Å². The van der Waals surface area contributed by atoms with Gasteiger partial charge in [-0.25, -0.2) is 8.42 Å². The smallest absolute Gasteiger partial charge is 0.266 e. The summed E-state index contributed by atoms with van der Waals surface area (Å²) in [7, 11) is -4.02. The molecule has 0 spiro atoms. The Hall–Kier alpha value is -1.60. The number of hydrogen-bond acceptors (Lipinski definition) is 3. The summed E-state index contributed by atoms with van der Waals surface area (Å²) in [6.07, 6.45) is 0. The number of halogens is 2. The highest BCUT2D eigenvalue weighted by atomic mass is 35.5. The van der Waals surface area contributed by atoms with Gasteiger partial charge in [-0.2, -0.15) is 0 Å². The van der Waals surface area contributed by atoms with E-state index < -0.39 is 15.9 Å². The van der Waals surface area contributed by atoms with E-state index in [4.69, 9.17) is 23.2 Å². The third-order valence-corrected chi connectivity index (χ3v) is 5.04. The number of carbonyl (C=O) groups excluding carboxylic acids is 1. The lowest BCUT2D eigenvalue weighted by Gasteiger charge is -2.10. The highest BCUT2D eigenvalue weighted by molar-refractivity contribution is 7.89. The zero-order chi connectivity index (χ0) is 16.3. The maximum absolute atomic E-state index is 12.1. The maximum Gasteiger partial charge on any atom is 0.266 e. The van der Waals surface area contributed by atoms with Crippen molar-refractivity contribution in [2.75, 3.05) is 0 Å². The Morgan fingerprint density at radius 2 is 1.68 bits per heavy atom. The van der Waals surface area contributed by atoms with E-state index in [0.29, 0.717) is 5.56 Å². The zero-order valence-corrected chi connectivity index (χ0v) is 13.8. The summed E-state index contributed by atoms with van der Waals surface area (Å²) < 4.78 is 24.3. The molecule has 5 nitrogen and oxygen atoms in total. The first kappa shape index (κ1) is 16.8.